The van der Waals surface area contributed by atoms with Crippen LogP contribution in [0.4, 0.5) is 11.4 Å². The number of sulfonamides is 1. The molecule has 0 saturated heterocycles. The Morgan fingerprint density at radius 1 is 0.968 bits per heavy atom. The van der Waals surface area contributed by atoms with Crippen LogP contribution in [0.15, 0.2) is 77.7 Å². The number of carbonyl (C=O) groups excluding carboxylic acids is 1. The SMILES string of the molecule is COc1ccccc1NS(=O)(=O)c1cccc(NC(=O)CCOc2ccc(C)cc2)c1. The molecule has 3 rings (SSSR count). The molecule has 0 aliphatic rings. The number of anilines is 2. The van der Waals surface area contributed by atoms with E-state index in [2.05, 4.69) is 10.0 Å². The van der Waals surface area contributed by atoms with E-state index >= 15 is 0 Å². The van der Waals surface area contributed by atoms with Crippen LogP contribution in [0.25, 0.3) is 0 Å². The molecule has 0 bridgehead atoms. The van der Waals surface area contributed by atoms with Crippen molar-refractivity contribution in [3.8, 4) is 11.5 Å². The highest BCUT2D eigenvalue weighted by Crippen LogP contribution is 2.26. The van der Waals surface area contributed by atoms with Gasteiger partial charge in [-0.2, -0.15) is 0 Å². The standard InChI is InChI=1S/C23H24N2O5S/c1-17-10-12-19(13-11-17)30-15-14-23(26)24-18-6-5-7-20(16-18)31(27,28)25-21-8-3-4-9-22(21)29-2/h3-13,16,25H,14-15H2,1-2H3,(H,24,26). The molecule has 0 aromatic heterocycles. The largest absolute Gasteiger partial charge is 0.495 e. The summed E-state index contributed by atoms with van der Waals surface area (Å²) in [4.78, 5) is 12.2. The predicted molar refractivity (Wildman–Crippen MR) is 120 cm³/mol. The molecule has 0 fully saturated rings. The van der Waals surface area contributed by atoms with Crippen molar-refractivity contribution in [1.29, 1.82) is 0 Å². The number of benzene rings is 3. The van der Waals surface area contributed by atoms with Crippen LogP contribution in [0.3, 0.4) is 0 Å². The summed E-state index contributed by atoms with van der Waals surface area (Å²) in [7, 11) is -2.40. The van der Waals surface area contributed by atoms with E-state index in [1.165, 1.54) is 19.2 Å². The summed E-state index contributed by atoms with van der Waals surface area (Å²) in [6.45, 7) is 2.19. The number of ether oxygens (including phenoxy) is 2. The average molecular weight is 441 g/mol. The Morgan fingerprint density at radius 3 is 2.45 bits per heavy atom. The maximum atomic E-state index is 12.8. The Kier molecular flexibility index (Phi) is 7.15. The van der Waals surface area contributed by atoms with Gasteiger partial charge < -0.3 is 14.8 Å². The van der Waals surface area contributed by atoms with Crippen LogP contribution in [0.2, 0.25) is 0 Å². The van der Waals surface area contributed by atoms with Gasteiger partial charge in [0.2, 0.25) is 5.91 Å². The van der Waals surface area contributed by atoms with Crippen molar-refractivity contribution >= 4 is 27.3 Å². The first-order chi connectivity index (χ1) is 14.9. The van der Waals surface area contributed by atoms with Gasteiger partial charge in [0.05, 0.1) is 30.7 Å². The highest BCUT2D eigenvalue weighted by atomic mass is 32.2. The highest BCUT2D eigenvalue weighted by Gasteiger charge is 2.17. The van der Waals surface area contributed by atoms with E-state index in [4.69, 9.17) is 9.47 Å². The lowest BCUT2D eigenvalue weighted by Crippen LogP contribution is -2.17. The maximum absolute atomic E-state index is 12.8. The number of hydrogen-bond donors (Lipinski definition) is 2. The monoisotopic (exact) mass is 440 g/mol. The molecule has 0 atom stereocenters. The Bertz CT molecular complexity index is 1140. The lowest BCUT2D eigenvalue weighted by molar-refractivity contribution is -0.116. The van der Waals surface area contributed by atoms with Gasteiger partial charge in [-0.3, -0.25) is 9.52 Å². The molecule has 8 heteroatoms. The van der Waals surface area contributed by atoms with Crippen molar-refractivity contribution in [2.24, 2.45) is 0 Å². The molecule has 162 valence electrons. The fourth-order valence-electron chi connectivity index (χ4n) is 2.79. The van der Waals surface area contributed by atoms with Crippen LogP contribution in [0.5, 0.6) is 11.5 Å². The number of hydrogen-bond acceptors (Lipinski definition) is 5. The molecule has 0 unspecified atom stereocenters. The fraction of sp³-hybridized carbons (Fsp3) is 0.174. The van der Waals surface area contributed by atoms with Crippen molar-refractivity contribution in [1.82, 2.24) is 0 Å². The zero-order valence-electron chi connectivity index (χ0n) is 17.3. The smallest absolute Gasteiger partial charge is 0.262 e. The van der Waals surface area contributed by atoms with Gasteiger partial charge in [0.1, 0.15) is 11.5 Å². The molecule has 3 aromatic carbocycles. The van der Waals surface area contributed by atoms with E-state index < -0.39 is 10.0 Å². The van der Waals surface area contributed by atoms with Crippen LogP contribution >= 0.6 is 0 Å². The third-order valence-electron chi connectivity index (χ3n) is 4.40. The number of para-hydroxylation sites is 2. The molecule has 1 amide bonds. The van der Waals surface area contributed by atoms with Crippen LogP contribution in [0.1, 0.15) is 12.0 Å². The Hall–Kier alpha value is -3.52. The second-order valence-corrected chi connectivity index (χ2v) is 8.48. The zero-order chi connectivity index (χ0) is 22.3. The summed E-state index contributed by atoms with van der Waals surface area (Å²) in [5, 5.41) is 2.70. The zero-order valence-corrected chi connectivity index (χ0v) is 18.1. The van der Waals surface area contributed by atoms with Crippen molar-refractivity contribution in [2.45, 2.75) is 18.2 Å². The van der Waals surface area contributed by atoms with Gasteiger partial charge in [-0.05, 0) is 49.4 Å². The van der Waals surface area contributed by atoms with Crippen LogP contribution in [-0.2, 0) is 14.8 Å². The minimum atomic E-state index is -3.87. The molecular formula is C23H24N2O5S. The molecule has 31 heavy (non-hydrogen) atoms. The van der Waals surface area contributed by atoms with Crippen LogP contribution in [-0.4, -0.2) is 28.0 Å². The third-order valence-corrected chi connectivity index (χ3v) is 5.76. The molecule has 0 radical (unpaired) electrons. The fourth-order valence-corrected chi connectivity index (χ4v) is 3.91. The van der Waals surface area contributed by atoms with Gasteiger partial charge in [-0.1, -0.05) is 35.9 Å². The summed E-state index contributed by atoms with van der Waals surface area (Å²) in [6, 6.07) is 20.3. The molecule has 7 nitrogen and oxygen atoms in total. The first-order valence-corrected chi connectivity index (χ1v) is 11.1. The minimum Gasteiger partial charge on any atom is -0.495 e. The highest BCUT2D eigenvalue weighted by molar-refractivity contribution is 7.92. The summed E-state index contributed by atoms with van der Waals surface area (Å²) < 4.78 is 38.8. The summed E-state index contributed by atoms with van der Waals surface area (Å²) >= 11 is 0. The topological polar surface area (TPSA) is 93.7 Å². The number of rotatable bonds is 9. The first-order valence-electron chi connectivity index (χ1n) is 9.62. The molecule has 2 N–H and O–H groups in total. The van der Waals surface area contributed by atoms with E-state index in [-0.39, 0.29) is 23.8 Å². The van der Waals surface area contributed by atoms with Gasteiger partial charge >= 0.3 is 0 Å². The van der Waals surface area contributed by atoms with E-state index in [9.17, 15) is 13.2 Å². The van der Waals surface area contributed by atoms with Gasteiger partial charge in [-0.25, -0.2) is 8.42 Å². The second kappa shape index (κ2) is 9.99. The molecule has 0 spiro atoms. The number of nitrogens with one attached hydrogen (secondary N) is 2. The predicted octanol–water partition coefficient (Wildman–Crippen LogP) is 4.21. The van der Waals surface area contributed by atoms with Crippen molar-refractivity contribution in [2.75, 3.05) is 23.8 Å². The number of methoxy groups -OCH3 is 1. The molecule has 0 aliphatic carbocycles. The quantitative estimate of drug-likeness (QED) is 0.520. The summed E-state index contributed by atoms with van der Waals surface area (Å²) in [5.41, 5.74) is 1.83. The molecule has 0 heterocycles. The minimum absolute atomic E-state index is 0.0205. The lowest BCUT2D eigenvalue weighted by atomic mass is 10.2. The van der Waals surface area contributed by atoms with Crippen LogP contribution in [0, 0.1) is 6.92 Å². The second-order valence-electron chi connectivity index (χ2n) is 6.79. The van der Waals surface area contributed by atoms with E-state index in [0.717, 1.165) is 5.56 Å². The third kappa shape index (κ3) is 6.23. The van der Waals surface area contributed by atoms with E-state index in [1.54, 1.807) is 36.4 Å². The van der Waals surface area contributed by atoms with Crippen molar-refractivity contribution in [3.63, 3.8) is 0 Å². The Labute approximate surface area is 182 Å². The van der Waals surface area contributed by atoms with Crippen molar-refractivity contribution in [3.05, 3.63) is 78.4 Å². The van der Waals surface area contributed by atoms with Crippen molar-refractivity contribution < 1.29 is 22.7 Å². The first kappa shape index (κ1) is 22.2. The van der Waals surface area contributed by atoms with Gasteiger partial charge in [0, 0.05) is 5.69 Å². The Morgan fingerprint density at radius 2 is 1.71 bits per heavy atom. The van der Waals surface area contributed by atoms with Gasteiger partial charge in [0.25, 0.3) is 10.0 Å². The van der Waals surface area contributed by atoms with Gasteiger partial charge in [-0.15, -0.1) is 0 Å². The summed E-state index contributed by atoms with van der Waals surface area (Å²) in [6.07, 6.45) is 0.129. The molecular weight excluding hydrogens is 416 g/mol. The van der Waals surface area contributed by atoms with Gasteiger partial charge in [0.15, 0.2) is 0 Å². The number of aryl methyl sites for hydroxylation is 1. The van der Waals surface area contributed by atoms with E-state index in [0.29, 0.717) is 22.9 Å². The van der Waals surface area contributed by atoms with Crippen LogP contribution < -0.4 is 19.5 Å². The number of carbonyl (C=O) groups is 1. The average Bonchev–Trinajstić information content (AvgIpc) is 2.75. The number of amides is 1. The molecule has 0 aliphatic heterocycles. The Balaban J connectivity index is 1.61. The normalized spacial score (nSPS) is 10.9. The lowest BCUT2D eigenvalue weighted by Gasteiger charge is -2.13. The molecule has 3 aromatic rings. The maximum Gasteiger partial charge on any atom is 0.262 e. The summed E-state index contributed by atoms with van der Waals surface area (Å²) in [5.74, 6) is 0.817. The molecule has 0 saturated carbocycles. The van der Waals surface area contributed by atoms with E-state index in [1.807, 2.05) is 31.2 Å².